The first kappa shape index (κ1) is 12.6. The van der Waals surface area contributed by atoms with E-state index in [4.69, 9.17) is 4.74 Å². The van der Waals surface area contributed by atoms with Gasteiger partial charge in [-0.1, -0.05) is 24.3 Å². The van der Waals surface area contributed by atoms with Crippen LogP contribution in [0.1, 0.15) is 24.3 Å². The van der Waals surface area contributed by atoms with Crippen LogP contribution in [0.3, 0.4) is 0 Å². The number of hydrogen-bond acceptors (Lipinski definition) is 3. The number of ether oxygens (including phenoxy) is 1. The number of aliphatic hydroxyl groups excluding tert-OH is 1. The summed E-state index contributed by atoms with van der Waals surface area (Å²) in [6, 6.07) is 13.4. The molecule has 0 saturated carbocycles. The second kappa shape index (κ2) is 6.17. The molecule has 1 atom stereocenters. The molecule has 1 heterocycles. The Kier molecular flexibility index (Phi) is 4.31. The van der Waals surface area contributed by atoms with Gasteiger partial charge in [-0.05, 0) is 25.1 Å². The van der Waals surface area contributed by atoms with Crippen molar-refractivity contribution in [3.63, 3.8) is 0 Å². The molecule has 0 radical (unpaired) electrons. The molecule has 0 spiro atoms. The van der Waals surface area contributed by atoms with Crippen molar-refractivity contribution in [1.29, 1.82) is 0 Å². The largest absolute Gasteiger partial charge is 0.493 e. The Morgan fingerprint density at radius 1 is 1.17 bits per heavy atom. The fourth-order valence-corrected chi connectivity index (χ4v) is 1.77. The molecule has 1 N–H and O–H groups in total. The summed E-state index contributed by atoms with van der Waals surface area (Å²) in [5.41, 5.74) is 1.82. The van der Waals surface area contributed by atoms with Crippen molar-refractivity contribution in [1.82, 2.24) is 4.98 Å². The number of para-hydroxylation sites is 1. The van der Waals surface area contributed by atoms with Crippen LogP contribution in [0.4, 0.5) is 0 Å². The van der Waals surface area contributed by atoms with E-state index < -0.39 is 6.10 Å². The van der Waals surface area contributed by atoms with Gasteiger partial charge < -0.3 is 9.84 Å². The quantitative estimate of drug-likeness (QED) is 0.878. The lowest BCUT2D eigenvalue weighted by atomic mass is 10.1. The van der Waals surface area contributed by atoms with E-state index in [0.29, 0.717) is 6.61 Å². The standard InChI is InChI=1S/C15H17NO2/c1-12(17)14-7-2-3-8-15(14)18-11-9-13-6-4-5-10-16-13/h2-8,10,12,17H,9,11H2,1H3/t12-/m0/s1. The highest BCUT2D eigenvalue weighted by molar-refractivity contribution is 5.34. The van der Waals surface area contributed by atoms with Gasteiger partial charge in [0.1, 0.15) is 5.75 Å². The van der Waals surface area contributed by atoms with E-state index in [-0.39, 0.29) is 0 Å². The highest BCUT2D eigenvalue weighted by atomic mass is 16.5. The smallest absolute Gasteiger partial charge is 0.125 e. The van der Waals surface area contributed by atoms with Crippen molar-refractivity contribution in [2.45, 2.75) is 19.4 Å². The van der Waals surface area contributed by atoms with Crippen molar-refractivity contribution in [2.24, 2.45) is 0 Å². The minimum Gasteiger partial charge on any atom is -0.493 e. The number of benzene rings is 1. The molecule has 0 amide bonds. The first-order chi connectivity index (χ1) is 8.77. The van der Waals surface area contributed by atoms with Crippen LogP contribution in [0.2, 0.25) is 0 Å². The van der Waals surface area contributed by atoms with Gasteiger partial charge >= 0.3 is 0 Å². The number of nitrogens with zero attached hydrogens (tertiary/aromatic N) is 1. The molecule has 0 fully saturated rings. The zero-order valence-corrected chi connectivity index (χ0v) is 10.4. The minimum atomic E-state index is -0.518. The van der Waals surface area contributed by atoms with E-state index in [0.717, 1.165) is 23.4 Å². The van der Waals surface area contributed by atoms with E-state index in [9.17, 15) is 5.11 Å². The molecule has 0 aliphatic heterocycles. The van der Waals surface area contributed by atoms with Gasteiger partial charge in [0.2, 0.25) is 0 Å². The normalized spacial score (nSPS) is 12.1. The summed E-state index contributed by atoms with van der Waals surface area (Å²) < 4.78 is 5.70. The lowest BCUT2D eigenvalue weighted by Crippen LogP contribution is -2.05. The van der Waals surface area contributed by atoms with Gasteiger partial charge in [0.25, 0.3) is 0 Å². The maximum absolute atomic E-state index is 9.63. The third kappa shape index (κ3) is 3.31. The molecular weight excluding hydrogens is 226 g/mol. The van der Waals surface area contributed by atoms with Gasteiger partial charge in [-0.15, -0.1) is 0 Å². The lowest BCUT2D eigenvalue weighted by molar-refractivity contribution is 0.191. The molecule has 3 heteroatoms. The maximum atomic E-state index is 9.63. The minimum absolute atomic E-state index is 0.518. The second-order valence-electron chi connectivity index (χ2n) is 4.13. The topological polar surface area (TPSA) is 42.4 Å². The predicted octanol–water partition coefficient (Wildman–Crippen LogP) is 2.76. The summed E-state index contributed by atoms with van der Waals surface area (Å²) >= 11 is 0. The molecule has 1 aromatic heterocycles. The lowest BCUT2D eigenvalue weighted by Gasteiger charge is -2.12. The van der Waals surface area contributed by atoms with Gasteiger partial charge in [0, 0.05) is 23.9 Å². The van der Waals surface area contributed by atoms with E-state index in [1.54, 1.807) is 13.1 Å². The predicted molar refractivity (Wildman–Crippen MR) is 70.5 cm³/mol. The van der Waals surface area contributed by atoms with Crippen LogP contribution in [0.15, 0.2) is 48.7 Å². The fraction of sp³-hybridized carbons (Fsp3) is 0.267. The summed E-state index contributed by atoms with van der Waals surface area (Å²) in [6.45, 7) is 2.29. The Bertz CT molecular complexity index is 483. The number of hydrogen-bond donors (Lipinski definition) is 1. The Labute approximate surface area is 107 Å². The number of aliphatic hydroxyl groups is 1. The molecule has 18 heavy (non-hydrogen) atoms. The van der Waals surface area contributed by atoms with Gasteiger partial charge in [0.05, 0.1) is 12.7 Å². The molecule has 0 aliphatic carbocycles. The summed E-state index contributed by atoms with van der Waals surface area (Å²) in [6.07, 6.45) is 2.02. The van der Waals surface area contributed by atoms with Crippen LogP contribution in [-0.2, 0) is 6.42 Å². The molecule has 1 aromatic carbocycles. The van der Waals surface area contributed by atoms with Crippen molar-refractivity contribution in [2.75, 3.05) is 6.61 Å². The zero-order chi connectivity index (χ0) is 12.8. The monoisotopic (exact) mass is 243 g/mol. The van der Waals surface area contributed by atoms with Crippen LogP contribution in [0.25, 0.3) is 0 Å². The van der Waals surface area contributed by atoms with Gasteiger partial charge in [-0.25, -0.2) is 0 Å². The van der Waals surface area contributed by atoms with Crippen molar-refractivity contribution in [3.8, 4) is 5.75 Å². The Balaban J connectivity index is 1.94. The Morgan fingerprint density at radius 3 is 2.67 bits per heavy atom. The molecule has 0 aliphatic rings. The first-order valence-corrected chi connectivity index (χ1v) is 6.07. The van der Waals surface area contributed by atoms with Crippen LogP contribution in [0.5, 0.6) is 5.75 Å². The summed E-state index contributed by atoms with van der Waals surface area (Å²) in [7, 11) is 0. The molecule has 0 unspecified atom stereocenters. The molecule has 2 rings (SSSR count). The van der Waals surface area contributed by atoms with Crippen LogP contribution in [-0.4, -0.2) is 16.7 Å². The molecule has 2 aromatic rings. The number of rotatable bonds is 5. The number of pyridine rings is 1. The van der Waals surface area contributed by atoms with Crippen LogP contribution < -0.4 is 4.74 Å². The second-order valence-corrected chi connectivity index (χ2v) is 4.13. The van der Waals surface area contributed by atoms with Gasteiger partial charge in [0.15, 0.2) is 0 Å². The van der Waals surface area contributed by atoms with E-state index >= 15 is 0 Å². The maximum Gasteiger partial charge on any atom is 0.125 e. The average molecular weight is 243 g/mol. The van der Waals surface area contributed by atoms with Gasteiger partial charge in [-0.2, -0.15) is 0 Å². The number of aromatic nitrogens is 1. The molecule has 0 saturated heterocycles. The van der Waals surface area contributed by atoms with Gasteiger partial charge in [-0.3, -0.25) is 4.98 Å². The van der Waals surface area contributed by atoms with E-state index in [1.807, 2.05) is 42.5 Å². The fourth-order valence-electron chi connectivity index (χ4n) is 1.77. The summed E-state index contributed by atoms with van der Waals surface area (Å²) in [5, 5.41) is 9.63. The summed E-state index contributed by atoms with van der Waals surface area (Å²) in [5.74, 6) is 0.739. The van der Waals surface area contributed by atoms with E-state index in [1.165, 1.54) is 0 Å². The Morgan fingerprint density at radius 2 is 1.94 bits per heavy atom. The first-order valence-electron chi connectivity index (χ1n) is 6.07. The third-order valence-corrected chi connectivity index (χ3v) is 2.71. The van der Waals surface area contributed by atoms with Crippen LogP contribution in [0, 0.1) is 0 Å². The Hall–Kier alpha value is -1.87. The summed E-state index contributed by atoms with van der Waals surface area (Å²) in [4.78, 5) is 4.24. The zero-order valence-electron chi connectivity index (χ0n) is 10.4. The van der Waals surface area contributed by atoms with Crippen molar-refractivity contribution < 1.29 is 9.84 Å². The van der Waals surface area contributed by atoms with Crippen molar-refractivity contribution in [3.05, 3.63) is 59.9 Å². The van der Waals surface area contributed by atoms with Crippen LogP contribution >= 0.6 is 0 Å². The molecule has 94 valence electrons. The van der Waals surface area contributed by atoms with E-state index in [2.05, 4.69) is 4.98 Å². The molecular formula is C15H17NO2. The highest BCUT2D eigenvalue weighted by Crippen LogP contribution is 2.24. The average Bonchev–Trinajstić information content (AvgIpc) is 2.40. The highest BCUT2D eigenvalue weighted by Gasteiger charge is 2.07. The molecule has 0 bridgehead atoms. The third-order valence-electron chi connectivity index (χ3n) is 2.71. The SMILES string of the molecule is C[C@H](O)c1ccccc1OCCc1ccccn1. The molecule has 3 nitrogen and oxygen atoms in total. The van der Waals surface area contributed by atoms with Crippen molar-refractivity contribution >= 4 is 0 Å².